The average molecular weight is 402 g/mol. The third kappa shape index (κ3) is 2.95. The van der Waals surface area contributed by atoms with E-state index in [4.69, 9.17) is 4.74 Å². The maximum atomic E-state index is 13.3. The van der Waals surface area contributed by atoms with Gasteiger partial charge in [-0.3, -0.25) is 9.48 Å². The van der Waals surface area contributed by atoms with Gasteiger partial charge in [-0.05, 0) is 43.2 Å². The molecule has 30 heavy (non-hydrogen) atoms. The Morgan fingerprint density at radius 2 is 1.77 bits per heavy atom. The van der Waals surface area contributed by atoms with E-state index in [0.29, 0.717) is 25.4 Å². The van der Waals surface area contributed by atoms with Crippen molar-refractivity contribution in [1.29, 1.82) is 0 Å². The van der Waals surface area contributed by atoms with E-state index in [0.717, 1.165) is 35.7 Å². The third-order valence-corrected chi connectivity index (χ3v) is 6.35. The molecule has 0 radical (unpaired) electrons. The van der Waals surface area contributed by atoms with Crippen LogP contribution in [0.1, 0.15) is 27.2 Å². The Hall–Kier alpha value is -3.28. The summed E-state index contributed by atoms with van der Waals surface area (Å²) >= 11 is 0. The fraction of sp³-hybridized carbons (Fsp3) is 0.333. The Bertz CT molecular complexity index is 1130. The molecular formula is C24H26N4O2. The van der Waals surface area contributed by atoms with Gasteiger partial charge in [-0.25, -0.2) is 0 Å². The number of hydrogen-bond acceptors (Lipinski definition) is 4. The highest BCUT2D eigenvalue weighted by atomic mass is 16.5. The van der Waals surface area contributed by atoms with Gasteiger partial charge < -0.3 is 14.5 Å². The number of aromatic nitrogens is 2. The van der Waals surface area contributed by atoms with Gasteiger partial charge in [0.05, 0.1) is 5.69 Å². The van der Waals surface area contributed by atoms with E-state index in [1.807, 2.05) is 40.9 Å². The number of piperazine rings is 1. The maximum Gasteiger partial charge on any atom is 0.274 e. The van der Waals surface area contributed by atoms with E-state index < -0.39 is 0 Å². The van der Waals surface area contributed by atoms with Crippen molar-refractivity contribution < 1.29 is 9.53 Å². The predicted octanol–water partition coefficient (Wildman–Crippen LogP) is 3.56. The molecule has 0 spiro atoms. The van der Waals surface area contributed by atoms with Gasteiger partial charge in [-0.1, -0.05) is 24.3 Å². The summed E-state index contributed by atoms with van der Waals surface area (Å²) in [5, 5.41) is 4.60. The summed E-state index contributed by atoms with van der Waals surface area (Å²) in [6.45, 7) is 7.71. The molecule has 3 heterocycles. The molecule has 0 unspecified atom stereocenters. The van der Waals surface area contributed by atoms with Gasteiger partial charge in [0.1, 0.15) is 12.4 Å². The summed E-state index contributed by atoms with van der Waals surface area (Å²) in [6.07, 6.45) is 0. The second-order valence-electron chi connectivity index (χ2n) is 8.08. The zero-order chi connectivity index (χ0) is 20.8. The first-order valence-electron chi connectivity index (χ1n) is 10.4. The first kappa shape index (κ1) is 18.7. The fourth-order valence-electron chi connectivity index (χ4n) is 4.53. The summed E-state index contributed by atoms with van der Waals surface area (Å²) in [6, 6.07) is 14.3. The Morgan fingerprint density at radius 1 is 1.00 bits per heavy atom. The third-order valence-electron chi connectivity index (χ3n) is 6.35. The summed E-state index contributed by atoms with van der Waals surface area (Å²) in [7, 11) is 1.90. The Labute approximate surface area is 176 Å². The molecular weight excluding hydrogens is 376 g/mol. The van der Waals surface area contributed by atoms with Crippen molar-refractivity contribution in [2.24, 2.45) is 7.05 Å². The molecule has 0 atom stereocenters. The summed E-state index contributed by atoms with van der Waals surface area (Å²) in [5.41, 5.74) is 7.25. The van der Waals surface area contributed by atoms with E-state index in [-0.39, 0.29) is 5.91 Å². The van der Waals surface area contributed by atoms with Gasteiger partial charge in [0.15, 0.2) is 5.69 Å². The first-order valence-corrected chi connectivity index (χ1v) is 10.4. The number of para-hydroxylation sites is 1. The number of carbonyl (C=O) groups is 1. The molecule has 2 aliphatic heterocycles. The fourth-order valence-corrected chi connectivity index (χ4v) is 4.53. The van der Waals surface area contributed by atoms with Crippen LogP contribution in [0.25, 0.3) is 11.3 Å². The van der Waals surface area contributed by atoms with E-state index in [1.54, 1.807) is 0 Å². The molecule has 1 aromatic heterocycles. The van der Waals surface area contributed by atoms with Gasteiger partial charge in [-0.2, -0.15) is 5.10 Å². The second-order valence-corrected chi connectivity index (χ2v) is 8.08. The highest BCUT2D eigenvalue weighted by molar-refractivity contribution is 5.96. The lowest BCUT2D eigenvalue weighted by atomic mass is 10.0. The van der Waals surface area contributed by atoms with Crippen molar-refractivity contribution in [3.8, 4) is 17.0 Å². The molecule has 6 nitrogen and oxygen atoms in total. The first-order chi connectivity index (χ1) is 14.5. The van der Waals surface area contributed by atoms with Crippen LogP contribution in [0.4, 0.5) is 5.69 Å². The predicted molar refractivity (Wildman–Crippen MR) is 117 cm³/mol. The van der Waals surface area contributed by atoms with Crippen LogP contribution in [0.5, 0.6) is 5.75 Å². The highest BCUT2D eigenvalue weighted by Crippen LogP contribution is 2.38. The molecule has 0 saturated carbocycles. The van der Waals surface area contributed by atoms with Gasteiger partial charge in [0.25, 0.3) is 5.91 Å². The van der Waals surface area contributed by atoms with Crippen molar-refractivity contribution in [2.45, 2.75) is 20.5 Å². The lowest BCUT2D eigenvalue weighted by Gasteiger charge is -2.37. The number of amides is 1. The Morgan fingerprint density at radius 3 is 2.57 bits per heavy atom. The van der Waals surface area contributed by atoms with Crippen molar-refractivity contribution in [3.63, 3.8) is 0 Å². The molecule has 6 heteroatoms. The minimum absolute atomic E-state index is 0.00422. The summed E-state index contributed by atoms with van der Waals surface area (Å²) in [4.78, 5) is 17.6. The van der Waals surface area contributed by atoms with E-state index in [2.05, 4.69) is 42.0 Å². The standard InChI is InChI=1S/C24H26N4O2/c1-16-7-6-9-20(17(16)2)27-11-13-28(14-12-27)24(29)22-19-15-30-21-10-5-4-8-18(21)23(19)26(3)25-22/h4-10H,11-15H2,1-3H3. The van der Waals surface area contributed by atoms with Crippen molar-refractivity contribution >= 4 is 11.6 Å². The molecule has 1 fully saturated rings. The molecule has 2 aromatic carbocycles. The number of nitrogens with zero attached hydrogens (tertiary/aromatic N) is 4. The average Bonchev–Trinajstić information content (AvgIpc) is 3.12. The molecule has 0 aliphatic carbocycles. The van der Waals surface area contributed by atoms with Crippen molar-refractivity contribution in [3.05, 3.63) is 64.8 Å². The Balaban J connectivity index is 1.37. The normalized spacial score (nSPS) is 15.4. The number of fused-ring (bicyclic) bond motifs is 3. The molecule has 0 N–H and O–H groups in total. The Kier molecular flexibility index (Phi) is 4.50. The van der Waals surface area contributed by atoms with E-state index >= 15 is 0 Å². The molecule has 5 rings (SSSR count). The van der Waals surface area contributed by atoms with Crippen LogP contribution in [0, 0.1) is 13.8 Å². The lowest BCUT2D eigenvalue weighted by Crippen LogP contribution is -2.49. The molecule has 0 bridgehead atoms. The van der Waals surface area contributed by atoms with Crippen LogP contribution < -0.4 is 9.64 Å². The molecule has 2 aliphatic rings. The number of carbonyl (C=O) groups excluding carboxylic acids is 1. The molecule has 154 valence electrons. The second kappa shape index (κ2) is 7.20. The van der Waals surface area contributed by atoms with Crippen LogP contribution in [-0.4, -0.2) is 46.8 Å². The van der Waals surface area contributed by atoms with Crippen LogP contribution in [0.3, 0.4) is 0 Å². The minimum Gasteiger partial charge on any atom is -0.488 e. The van der Waals surface area contributed by atoms with Crippen LogP contribution in [-0.2, 0) is 13.7 Å². The van der Waals surface area contributed by atoms with Crippen molar-refractivity contribution in [2.75, 3.05) is 31.1 Å². The number of ether oxygens (including phenoxy) is 1. The lowest BCUT2D eigenvalue weighted by molar-refractivity contribution is 0.0737. The van der Waals surface area contributed by atoms with Gasteiger partial charge >= 0.3 is 0 Å². The van der Waals surface area contributed by atoms with Crippen LogP contribution in [0.2, 0.25) is 0 Å². The summed E-state index contributed by atoms with van der Waals surface area (Å²) in [5.74, 6) is 0.838. The molecule has 3 aromatic rings. The monoisotopic (exact) mass is 402 g/mol. The largest absolute Gasteiger partial charge is 0.488 e. The van der Waals surface area contributed by atoms with Gasteiger partial charge in [-0.15, -0.1) is 0 Å². The number of anilines is 1. The number of aryl methyl sites for hydroxylation is 2. The summed E-state index contributed by atoms with van der Waals surface area (Å²) < 4.78 is 7.72. The number of rotatable bonds is 2. The van der Waals surface area contributed by atoms with Crippen molar-refractivity contribution in [1.82, 2.24) is 14.7 Å². The zero-order valence-electron chi connectivity index (χ0n) is 17.7. The number of benzene rings is 2. The maximum absolute atomic E-state index is 13.3. The van der Waals surface area contributed by atoms with E-state index in [9.17, 15) is 4.79 Å². The number of hydrogen-bond donors (Lipinski definition) is 0. The highest BCUT2D eigenvalue weighted by Gasteiger charge is 2.32. The van der Waals surface area contributed by atoms with Crippen LogP contribution in [0.15, 0.2) is 42.5 Å². The van der Waals surface area contributed by atoms with E-state index in [1.165, 1.54) is 16.8 Å². The quantitative estimate of drug-likeness (QED) is 0.658. The van der Waals surface area contributed by atoms with Crippen LogP contribution >= 0.6 is 0 Å². The van der Waals surface area contributed by atoms with Gasteiger partial charge in [0, 0.05) is 50.0 Å². The molecule has 1 amide bonds. The molecule has 1 saturated heterocycles. The van der Waals surface area contributed by atoms with Gasteiger partial charge in [0.2, 0.25) is 0 Å². The SMILES string of the molecule is Cc1cccc(N2CCN(C(=O)c3nn(C)c4c3COc3ccccc3-4)CC2)c1C. The minimum atomic E-state index is -0.00422. The topological polar surface area (TPSA) is 50.6 Å². The smallest absolute Gasteiger partial charge is 0.274 e. The zero-order valence-corrected chi connectivity index (χ0v) is 17.7.